The van der Waals surface area contributed by atoms with Crippen LogP contribution in [0.25, 0.3) is 0 Å². The Labute approximate surface area is 130 Å². The number of aromatic nitrogens is 1. The topological polar surface area (TPSA) is 25.2 Å². The lowest BCUT2D eigenvalue weighted by atomic mass is 10.2. The molecule has 2 aromatic rings. The molecule has 0 saturated carbocycles. The summed E-state index contributed by atoms with van der Waals surface area (Å²) in [4.78, 5) is 13.9. The second kappa shape index (κ2) is 6.39. The van der Waals surface area contributed by atoms with Crippen molar-refractivity contribution in [2.24, 2.45) is 0 Å². The monoisotopic (exact) mass is 356 g/mol. The van der Waals surface area contributed by atoms with Crippen LogP contribution < -0.4 is 0 Å². The Morgan fingerprint density at radius 3 is 2.62 bits per heavy atom. The van der Waals surface area contributed by atoms with Crippen molar-refractivity contribution in [3.8, 4) is 0 Å². The fourth-order valence-electron chi connectivity index (χ4n) is 2.09. The molecule has 112 valence electrons. The molecule has 0 aliphatic heterocycles. The smallest absolute Gasteiger partial charge is 0.270 e. The van der Waals surface area contributed by atoms with Gasteiger partial charge in [-0.15, -0.1) is 0 Å². The number of aryl methyl sites for hydroxylation is 1. The second-order valence-electron chi connectivity index (χ2n) is 4.74. The third-order valence-corrected chi connectivity index (χ3v) is 3.61. The summed E-state index contributed by atoms with van der Waals surface area (Å²) in [7, 11) is 1.63. The first-order valence-electron chi connectivity index (χ1n) is 6.47. The highest BCUT2D eigenvalue weighted by atomic mass is 79.9. The van der Waals surface area contributed by atoms with E-state index < -0.39 is 11.6 Å². The van der Waals surface area contributed by atoms with Gasteiger partial charge in [-0.25, -0.2) is 8.78 Å². The largest absolute Gasteiger partial charge is 0.343 e. The summed E-state index contributed by atoms with van der Waals surface area (Å²) < 4.78 is 28.7. The number of amides is 1. The lowest BCUT2D eigenvalue weighted by molar-refractivity contribution is 0.0774. The summed E-state index contributed by atoms with van der Waals surface area (Å²) in [5.41, 5.74) is 1.09. The van der Waals surface area contributed by atoms with Crippen molar-refractivity contribution in [1.29, 1.82) is 0 Å². The van der Waals surface area contributed by atoms with Crippen LogP contribution in [0.4, 0.5) is 8.78 Å². The van der Waals surface area contributed by atoms with Gasteiger partial charge in [0.1, 0.15) is 5.69 Å². The molecule has 1 amide bonds. The van der Waals surface area contributed by atoms with E-state index >= 15 is 0 Å². The Bertz CT molecular complexity index is 670. The molecule has 2 rings (SSSR count). The van der Waals surface area contributed by atoms with Gasteiger partial charge in [0, 0.05) is 30.8 Å². The highest BCUT2D eigenvalue weighted by Crippen LogP contribution is 2.18. The first kappa shape index (κ1) is 15.7. The molecular weight excluding hydrogens is 342 g/mol. The fourth-order valence-corrected chi connectivity index (χ4v) is 2.56. The van der Waals surface area contributed by atoms with Crippen molar-refractivity contribution < 1.29 is 13.6 Å². The van der Waals surface area contributed by atoms with Gasteiger partial charge >= 0.3 is 0 Å². The number of nitrogens with zero attached hydrogens (tertiary/aromatic N) is 2. The van der Waals surface area contributed by atoms with Crippen molar-refractivity contribution in [3.63, 3.8) is 0 Å². The van der Waals surface area contributed by atoms with Crippen LogP contribution in [0.2, 0.25) is 0 Å². The van der Waals surface area contributed by atoms with Gasteiger partial charge in [0.2, 0.25) is 0 Å². The van der Waals surface area contributed by atoms with Crippen LogP contribution in [0.15, 0.2) is 34.9 Å². The average molecular weight is 357 g/mol. The summed E-state index contributed by atoms with van der Waals surface area (Å²) in [6, 6.07) is 5.38. The Morgan fingerprint density at radius 2 is 2.00 bits per heavy atom. The number of halogens is 3. The summed E-state index contributed by atoms with van der Waals surface area (Å²) in [5.74, 6) is -1.98. The van der Waals surface area contributed by atoms with Gasteiger partial charge < -0.3 is 9.47 Å². The fraction of sp³-hybridized carbons (Fsp3) is 0.267. The van der Waals surface area contributed by atoms with E-state index in [1.54, 1.807) is 13.1 Å². The van der Waals surface area contributed by atoms with Crippen LogP contribution in [0.3, 0.4) is 0 Å². The molecule has 1 heterocycles. The van der Waals surface area contributed by atoms with E-state index in [0.717, 1.165) is 16.6 Å². The zero-order valence-corrected chi connectivity index (χ0v) is 13.3. The molecular formula is C15H15BrF2N2O. The SMILES string of the molecule is CCn1cc(Br)cc1C(=O)N(C)Cc1ccc(F)c(F)c1. The Hall–Kier alpha value is -1.69. The van der Waals surface area contributed by atoms with Crippen LogP contribution in [-0.2, 0) is 13.1 Å². The molecule has 0 saturated heterocycles. The molecule has 0 radical (unpaired) electrons. The molecule has 0 unspecified atom stereocenters. The highest BCUT2D eigenvalue weighted by Gasteiger charge is 2.17. The average Bonchev–Trinajstić information content (AvgIpc) is 2.83. The summed E-state index contributed by atoms with van der Waals surface area (Å²) in [6.07, 6.45) is 1.83. The molecule has 0 aliphatic carbocycles. The predicted molar refractivity (Wildman–Crippen MR) is 80.0 cm³/mol. The van der Waals surface area contributed by atoms with E-state index in [0.29, 0.717) is 17.8 Å². The zero-order chi connectivity index (χ0) is 15.6. The molecule has 3 nitrogen and oxygen atoms in total. The maximum absolute atomic E-state index is 13.2. The quantitative estimate of drug-likeness (QED) is 0.817. The normalized spacial score (nSPS) is 10.7. The third kappa shape index (κ3) is 3.50. The second-order valence-corrected chi connectivity index (χ2v) is 5.65. The molecule has 0 bridgehead atoms. The standard InChI is InChI=1S/C15H15BrF2N2O/c1-3-20-9-11(16)7-14(20)15(21)19(2)8-10-4-5-12(17)13(18)6-10/h4-7,9H,3,8H2,1-2H3. The van der Waals surface area contributed by atoms with Gasteiger partial charge in [0.05, 0.1) is 0 Å². The van der Waals surface area contributed by atoms with Gasteiger partial charge in [-0.05, 0) is 46.6 Å². The van der Waals surface area contributed by atoms with Gasteiger partial charge in [0.25, 0.3) is 5.91 Å². The van der Waals surface area contributed by atoms with E-state index in [4.69, 9.17) is 0 Å². The van der Waals surface area contributed by atoms with Crippen LogP contribution >= 0.6 is 15.9 Å². The molecule has 21 heavy (non-hydrogen) atoms. The molecule has 0 fully saturated rings. The first-order chi connectivity index (χ1) is 9.92. The summed E-state index contributed by atoms with van der Waals surface area (Å²) in [6.45, 7) is 2.83. The number of carbonyl (C=O) groups excluding carboxylic acids is 1. The van der Waals surface area contributed by atoms with E-state index in [-0.39, 0.29) is 12.5 Å². The lowest BCUT2D eigenvalue weighted by Gasteiger charge is -2.18. The van der Waals surface area contributed by atoms with Crippen molar-refractivity contribution in [2.75, 3.05) is 7.05 Å². The van der Waals surface area contributed by atoms with Crippen molar-refractivity contribution >= 4 is 21.8 Å². The van der Waals surface area contributed by atoms with E-state index in [1.165, 1.54) is 11.0 Å². The Kier molecular flexibility index (Phi) is 4.77. The van der Waals surface area contributed by atoms with Crippen molar-refractivity contribution in [1.82, 2.24) is 9.47 Å². The maximum atomic E-state index is 13.2. The highest BCUT2D eigenvalue weighted by molar-refractivity contribution is 9.10. The lowest BCUT2D eigenvalue weighted by Crippen LogP contribution is -2.28. The number of benzene rings is 1. The molecule has 0 spiro atoms. The molecule has 6 heteroatoms. The van der Waals surface area contributed by atoms with Gasteiger partial charge in [-0.2, -0.15) is 0 Å². The zero-order valence-electron chi connectivity index (χ0n) is 11.7. The minimum atomic E-state index is -0.909. The van der Waals surface area contributed by atoms with E-state index in [9.17, 15) is 13.6 Å². The number of hydrogen-bond acceptors (Lipinski definition) is 1. The minimum Gasteiger partial charge on any atom is -0.343 e. The Morgan fingerprint density at radius 1 is 1.29 bits per heavy atom. The van der Waals surface area contributed by atoms with Crippen molar-refractivity contribution in [2.45, 2.75) is 20.0 Å². The number of rotatable bonds is 4. The Balaban J connectivity index is 2.17. The summed E-state index contributed by atoms with van der Waals surface area (Å²) in [5, 5.41) is 0. The first-order valence-corrected chi connectivity index (χ1v) is 7.26. The molecule has 1 aromatic carbocycles. The third-order valence-electron chi connectivity index (χ3n) is 3.17. The summed E-state index contributed by atoms with van der Waals surface area (Å²) >= 11 is 3.34. The van der Waals surface area contributed by atoms with E-state index in [2.05, 4.69) is 15.9 Å². The van der Waals surface area contributed by atoms with Crippen LogP contribution in [0.1, 0.15) is 23.0 Å². The van der Waals surface area contributed by atoms with Gasteiger partial charge in [-0.1, -0.05) is 6.07 Å². The molecule has 0 atom stereocenters. The van der Waals surface area contributed by atoms with Crippen LogP contribution in [0, 0.1) is 11.6 Å². The number of carbonyl (C=O) groups is 1. The molecule has 0 aliphatic rings. The van der Waals surface area contributed by atoms with Gasteiger partial charge in [-0.3, -0.25) is 4.79 Å². The van der Waals surface area contributed by atoms with Gasteiger partial charge in [0.15, 0.2) is 11.6 Å². The number of hydrogen-bond donors (Lipinski definition) is 0. The molecule has 0 N–H and O–H groups in total. The predicted octanol–water partition coefficient (Wildman–Crippen LogP) is 3.82. The van der Waals surface area contributed by atoms with Crippen LogP contribution in [0.5, 0.6) is 0 Å². The maximum Gasteiger partial charge on any atom is 0.270 e. The van der Waals surface area contributed by atoms with Crippen LogP contribution in [-0.4, -0.2) is 22.4 Å². The van der Waals surface area contributed by atoms with Crippen molar-refractivity contribution in [3.05, 3.63) is 57.8 Å². The molecule has 1 aromatic heterocycles. The minimum absolute atomic E-state index is 0.174. The van der Waals surface area contributed by atoms with E-state index in [1.807, 2.05) is 17.7 Å².